The Morgan fingerprint density at radius 3 is 1.38 bits per heavy atom. The number of rotatable bonds is 6. The maximum Gasteiger partial charge on any atom is 0.243 e. The van der Waals surface area contributed by atoms with Gasteiger partial charge in [-0.15, -0.1) is 0 Å². The maximum atomic E-state index is 13.1. The first-order valence-corrected chi connectivity index (χ1v) is 9.21. The molecule has 120 valence electrons. The van der Waals surface area contributed by atoms with E-state index in [1.54, 1.807) is 4.31 Å². The first kappa shape index (κ1) is 18.2. The monoisotopic (exact) mass is 311 g/mol. The second-order valence-electron chi connectivity index (χ2n) is 5.86. The summed E-state index contributed by atoms with van der Waals surface area (Å²) in [4.78, 5) is 0.519. The van der Waals surface area contributed by atoms with E-state index >= 15 is 0 Å². The van der Waals surface area contributed by atoms with Crippen molar-refractivity contribution >= 4 is 10.0 Å². The summed E-state index contributed by atoms with van der Waals surface area (Å²) in [7, 11) is -3.42. The summed E-state index contributed by atoms with van der Waals surface area (Å²) in [5.74, 6) is 0. The highest BCUT2D eigenvalue weighted by Crippen LogP contribution is 2.31. The fourth-order valence-corrected chi connectivity index (χ4v) is 5.02. The molecule has 0 saturated carbocycles. The molecule has 4 heteroatoms. The van der Waals surface area contributed by atoms with E-state index in [1.165, 1.54) is 5.56 Å². The highest BCUT2D eigenvalue weighted by Gasteiger charge is 2.28. The third-order valence-corrected chi connectivity index (χ3v) is 6.65. The molecule has 21 heavy (non-hydrogen) atoms. The largest absolute Gasteiger partial charge is 0.243 e. The fraction of sp³-hybridized carbons (Fsp3) is 0.647. The van der Waals surface area contributed by atoms with Crippen LogP contribution in [0, 0.1) is 34.6 Å². The Labute approximate surface area is 130 Å². The van der Waals surface area contributed by atoms with Gasteiger partial charge in [0.15, 0.2) is 0 Å². The number of benzene rings is 1. The fourth-order valence-electron chi connectivity index (χ4n) is 2.83. The second kappa shape index (κ2) is 6.93. The minimum atomic E-state index is -3.42. The number of nitrogens with zero attached hydrogens (tertiary/aromatic N) is 1. The van der Waals surface area contributed by atoms with Gasteiger partial charge in [0.2, 0.25) is 10.0 Å². The van der Waals surface area contributed by atoms with E-state index in [0.29, 0.717) is 18.0 Å². The molecule has 0 heterocycles. The molecular formula is C17H29NO2S. The van der Waals surface area contributed by atoms with Crippen molar-refractivity contribution in [3.63, 3.8) is 0 Å². The lowest BCUT2D eigenvalue weighted by Crippen LogP contribution is -2.33. The van der Waals surface area contributed by atoms with E-state index in [9.17, 15) is 8.42 Å². The van der Waals surface area contributed by atoms with E-state index in [0.717, 1.165) is 35.1 Å². The standard InChI is InChI=1S/C17H29NO2S/c1-8-10-18(11-9-2)21(19,20)17-15(6)13(4)12(3)14(5)16(17)7/h8-11H2,1-7H3. The molecule has 0 saturated heterocycles. The molecule has 1 aromatic carbocycles. The molecular weight excluding hydrogens is 282 g/mol. The van der Waals surface area contributed by atoms with Gasteiger partial charge >= 0.3 is 0 Å². The molecule has 0 aliphatic carbocycles. The smallest absolute Gasteiger partial charge is 0.207 e. The summed E-state index contributed by atoms with van der Waals surface area (Å²) >= 11 is 0. The van der Waals surface area contributed by atoms with Crippen LogP contribution < -0.4 is 0 Å². The Bertz CT molecular complexity index is 583. The first-order chi connectivity index (χ1) is 9.69. The van der Waals surface area contributed by atoms with E-state index in [-0.39, 0.29) is 0 Å². The molecule has 1 rings (SSSR count). The van der Waals surface area contributed by atoms with Gasteiger partial charge in [-0.25, -0.2) is 8.42 Å². The summed E-state index contributed by atoms with van der Waals surface area (Å²) in [6, 6.07) is 0. The molecule has 0 aliphatic heterocycles. The zero-order chi connectivity index (χ0) is 16.4. The zero-order valence-electron chi connectivity index (χ0n) is 14.5. The molecule has 0 unspecified atom stereocenters. The third kappa shape index (κ3) is 3.32. The number of sulfonamides is 1. The molecule has 0 aromatic heterocycles. The van der Waals surface area contributed by atoms with Crippen LogP contribution in [0.25, 0.3) is 0 Å². The normalized spacial score (nSPS) is 12.2. The molecule has 0 spiro atoms. The second-order valence-corrected chi connectivity index (χ2v) is 7.73. The zero-order valence-corrected chi connectivity index (χ0v) is 15.3. The highest BCUT2D eigenvalue weighted by molar-refractivity contribution is 7.89. The Hall–Kier alpha value is -0.870. The van der Waals surface area contributed by atoms with Gasteiger partial charge < -0.3 is 0 Å². The molecule has 0 N–H and O–H groups in total. The molecule has 3 nitrogen and oxygen atoms in total. The van der Waals surface area contributed by atoms with Crippen molar-refractivity contribution < 1.29 is 8.42 Å². The third-order valence-electron chi connectivity index (χ3n) is 4.48. The van der Waals surface area contributed by atoms with Crippen molar-refractivity contribution in [2.75, 3.05) is 13.1 Å². The number of hydrogen-bond acceptors (Lipinski definition) is 2. The summed E-state index contributed by atoms with van der Waals surface area (Å²) in [5, 5.41) is 0. The van der Waals surface area contributed by atoms with Crippen molar-refractivity contribution in [1.29, 1.82) is 0 Å². The van der Waals surface area contributed by atoms with Gasteiger partial charge in [-0.1, -0.05) is 13.8 Å². The van der Waals surface area contributed by atoms with Crippen LogP contribution in [0.1, 0.15) is 54.5 Å². The Morgan fingerprint density at radius 1 is 0.714 bits per heavy atom. The molecule has 0 fully saturated rings. The van der Waals surface area contributed by atoms with Crippen molar-refractivity contribution in [2.24, 2.45) is 0 Å². The molecule has 0 aliphatic rings. The van der Waals surface area contributed by atoms with Gasteiger partial charge in [0.1, 0.15) is 0 Å². The lowest BCUT2D eigenvalue weighted by Gasteiger charge is -2.25. The Morgan fingerprint density at radius 2 is 1.05 bits per heavy atom. The molecule has 0 bridgehead atoms. The Balaban J connectivity index is 3.58. The van der Waals surface area contributed by atoms with Gasteiger partial charge in [-0.3, -0.25) is 0 Å². The van der Waals surface area contributed by atoms with Crippen LogP contribution >= 0.6 is 0 Å². The van der Waals surface area contributed by atoms with Gasteiger partial charge in [0, 0.05) is 13.1 Å². The molecule has 0 radical (unpaired) electrons. The first-order valence-electron chi connectivity index (χ1n) is 7.77. The van der Waals surface area contributed by atoms with E-state index in [4.69, 9.17) is 0 Å². The van der Waals surface area contributed by atoms with Crippen molar-refractivity contribution in [3.05, 3.63) is 27.8 Å². The maximum absolute atomic E-state index is 13.1. The van der Waals surface area contributed by atoms with E-state index in [1.807, 2.05) is 41.5 Å². The summed E-state index contributed by atoms with van der Waals surface area (Å²) in [5.41, 5.74) is 5.16. The van der Waals surface area contributed by atoms with Crippen molar-refractivity contribution in [3.8, 4) is 0 Å². The van der Waals surface area contributed by atoms with Crippen molar-refractivity contribution in [2.45, 2.75) is 66.2 Å². The molecule has 1 aromatic rings. The quantitative estimate of drug-likeness (QED) is 0.795. The van der Waals surface area contributed by atoms with Crippen LogP contribution in [0.3, 0.4) is 0 Å². The van der Waals surface area contributed by atoms with E-state index in [2.05, 4.69) is 6.92 Å². The van der Waals surface area contributed by atoms with Crippen LogP contribution in [0.4, 0.5) is 0 Å². The van der Waals surface area contributed by atoms with Gasteiger partial charge in [0.25, 0.3) is 0 Å². The molecule has 0 amide bonds. The summed E-state index contributed by atoms with van der Waals surface area (Å²) in [6.45, 7) is 15.2. The van der Waals surface area contributed by atoms with Gasteiger partial charge in [-0.05, 0) is 75.3 Å². The van der Waals surface area contributed by atoms with Gasteiger partial charge in [-0.2, -0.15) is 4.31 Å². The minimum Gasteiger partial charge on any atom is -0.207 e. The summed E-state index contributed by atoms with van der Waals surface area (Å²) < 4.78 is 27.8. The van der Waals surface area contributed by atoms with Gasteiger partial charge in [0.05, 0.1) is 4.90 Å². The van der Waals surface area contributed by atoms with Crippen LogP contribution in [-0.4, -0.2) is 25.8 Å². The van der Waals surface area contributed by atoms with Crippen molar-refractivity contribution in [1.82, 2.24) is 4.31 Å². The van der Waals surface area contributed by atoms with Crippen LogP contribution in [0.5, 0.6) is 0 Å². The summed E-state index contributed by atoms with van der Waals surface area (Å²) in [6.07, 6.45) is 1.67. The predicted molar refractivity (Wildman–Crippen MR) is 89.5 cm³/mol. The Kier molecular flexibility index (Phi) is 6.00. The molecule has 0 atom stereocenters. The average molecular weight is 311 g/mol. The van der Waals surface area contributed by atoms with Crippen LogP contribution in [0.15, 0.2) is 4.90 Å². The topological polar surface area (TPSA) is 37.4 Å². The predicted octanol–water partition coefficient (Wildman–Crippen LogP) is 4.04. The highest BCUT2D eigenvalue weighted by atomic mass is 32.2. The van der Waals surface area contributed by atoms with Crippen LogP contribution in [0.2, 0.25) is 0 Å². The van der Waals surface area contributed by atoms with E-state index < -0.39 is 10.0 Å². The SMILES string of the molecule is CCCN(CCC)S(=O)(=O)c1c(C)c(C)c(C)c(C)c1C. The number of hydrogen-bond donors (Lipinski definition) is 0. The lowest BCUT2D eigenvalue weighted by atomic mass is 9.95. The minimum absolute atomic E-state index is 0.519. The lowest BCUT2D eigenvalue weighted by molar-refractivity contribution is 0.409. The average Bonchev–Trinajstić information content (AvgIpc) is 2.42. The van der Waals surface area contributed by atoms with Crippen LogP contribution in [-0.2, 0) is 10.0 Å².